The van der Waals surface area contributed by atoms with E-state index >= 15 is 0 Å². The van der Waals surface area contributed by atoms with Crippen LogP contribution in [-0.4, -0.2) is 12.0 Å². The van der Waals surface area contributed by atoms with E-state index in [0.717, 1.165) is 22.4 Å². The van der Waals surface area contributed by atoms with Gasteiger partial charge in [-0.2, -0.15) is 0 Å². The molecule has 0 saturated heterocycles. The van der Waals surface area contributed by atoms with Crippen LogP contribution in [-0.2, 0) is 13.1 Å². The van der Waals surface area contributed by atoms with Crippen molar-refractivity contribution in [1.29, 1.82) is 0 Å². The van der Waals surface area contributed by atoms with Crippen LogP contribution in [0.4, 0.5) is 5.82 Å². The smallest absolute Gasteiger partial charge is 0.128 e. The molecule has 3 nitrogen and oxygen atoms in total. The van der Waals surface area contributed by atoms with E-state index in [1.54, 1.807) is 6.20 Å². The summed E-state index contributed by atoms with van der Waals surface area (Å²) in [4.78, 5) is 6.48. The van der Waals surface area contributed by atoms with Crippen LogP contribution in [0.5, 0.6) is 0 Å². The molecule has 18 heavy (non-hydrogen) atoms. The Labute approximate surface area is 116 Å². The van der Waals surface area contributed by atoms with Crippen LogP contribution < -0.4 is 10.6 Å². The number of nitrogens with two attached hydrogens (primary N) is 1. The maximum Gasteiger partial charge on any atom is 0.128 e. The zero-order valence-corrected chi connectivity index (χ0v) is 11.9. The van der Waals surface area contributed by atoms with E-state index in [-0.39, 0.29) is 0 Å². The molecule has 4 heteroatoms. The van der Waals surface area contributed by atoms with Crippen molar-refractivity contribution < 1.29 is 0 Å². The summed E-state index contributed by atoms with van der Waals surface area (Å²) < 4.78 is 1.09. The van der Waals surface area contributed by atoms with E-state index in [1.807, 2.05) is 31.3 Å². The van der Waals surface area contributed by atoms with Crippen LogP contribution in [0.25, 0.3) is 0 Å². The van der Waals surface area contributed by atoms with Gasteiger partial charge in [-0.15, -0.1) is 0 Å². The molecule has 1 heterocycles. The van der Waals surface area contributed by atoms with Gasteiger partial charge in [0.15, 0.2) is 0 Å². The molecule has 0 saturated carbocycles. The molecule has 0 atom stereocenters. The highest BCUT2D eigenvalue weighted by Gasteiger charge is 2.04. The molecule has 0 bridgehead atoms. The zero-order valence-electron chi connectivity index (χ0n) is 10.3. The van der Waals surface area contributed by atoms with Gasteiger partial charge in [0.05, 0.1) is 0 Å². The van der Waals surface area contributed by atoms with Crippen LogP contribution in [0, 0.1) is 0 Å². The molecule has 1 aromatic carbocycles. The van der Waals surface area contributed by atoms with E-state index in [9.17, 15) is 0 Å². The van der Waals surface area contributed by atoms with E-state index in [0.29, 0.717) is 6.54 Å². The largest absolute Gasteiger partial charge is 0.355 e. The molecule has 2 N–H and O–H groups in total. The first-order chi connectivity index (χ1) is 8.69. The minimum atomic E-state index is 0.542. The number of benzene rings is 1. The van der Waals surface area contributed by atoms with Gasteiger partial charge in [-0.25, -0.2) is 4.98 Å². The Balaban J connectivity index is 2.13. The van der Waals surface area contributed by atoms with Crippen LogP contribution in [0.2, 0.25) is 0 Å². The van der Waals surface area contributed by atoms with Gasteiger partial charge in [-0.05, 0) is 35.4 Å². The number of hydrogen-bond donors (Lipinski definition) is 1. The SMILES string of the molecule is CN(Cc1cccc(Br)c1)c1cc(CN)ccn1. The molecule has 0 unspecified atom stereocenters. The van der Waals surface area contributed by atoms with Gasteiger partial charge in [-0.3, -0.25) is 0 Å². The molecule has 0 radical (unpaired) electrons. The Morgan fingerprint density at radius 2 is 2.06 bits per heavy atom. The summed E-state index contributed by atoms with van der Waals surface area (Å²) in [5.74, 6) is 0.943. The van der Waals surface area contributed by atoms with Gasteiger partial charge in [0, 0.05) is 30.8 Å². The third kappa shape index (κ3) is 3.31. The van der Waals surface area contributed by atoms with Crippen LogP contribution in [0.1, 0.15) is 11.1 Å². The lowest BCUT2D eigenvalue weighted by molar-refractivity contribution is 0.892. The molecule has 1 aromatic heterocycles. The van der Waals surface area contributed by atoms with Gasteiger partial charge >= 0.3 is 0 Å². The molecular weight excluding hydrogens is 290 g/mol. The minimum absolute atomic E-state index is 0.542. The molecule has 0 aliphatic rings. The van der Waals surface area contributed by atoms with Gasteiger partial charge in [0.1, 0.15) is 5.82 Å². The second-order valence-electron chi connectivity index (χ2n) is 4.21. The first-order valence-corrected chi connectivity index (χ1v) is 6.59. The van der Waals surface area contributed by atoms with Crippen molar-refractivity contribution in [2.24, 2.45) is 5.73 Å². The Morgan fingerprint density at radius 1 is 1.22 bits per heavy atom. The number of nitrogens with zero attached hydrogens (tertiary/aromatic N) is 2. The lowest BCUT2D eigenvalue weighted by Gasteiger charge is -2.18. The zero-order chi connectivity index (χ0) is 13.0. The van der Waals surface area contributed by atoms with E-state index in [1.165, 1.54) is 5.56 Å². The lowest BCUT2D eigenvalue weighted by Crippen LogP contribution is -2.18. The van der Waals surface area contributed by atoms with Gasteiger partial charge in [0.2, 0.25) is 0 Å². The minimum Gasteiger partial charge on any atom is -0.355 e. The van der Waals surface area contributed by atoms with Crippen molar-refractivity contribution in [2.75, 3.05) is 11.9 Å². The Hall–Kier alpha value is -1.39. The lowest BCUT2D eigenvalue weighted by atomic mass is 10.2. The third-order valence-electron chi connectivity index (χ3n) is 2.75. The highest BCUT2D eigenvalue weighted by atomic mass is 79.9. The van der Waals surface area contributed by atoms with E-state index < -0.39 is 0 Å². The Morgan fingerprint density at radius 3 is 2.78 bits per heavy atom. The maximum atomic E-state index is 5.64. The van der Waals surface area contributed by atoms with E-state index in [4.69, 9.17) is 5.73 Å². The monoisotopic (exact) mass is 305 g/mol. The molecule has 0 aliphatic heterocycles. The van der Waals surface area contributed by atoms with Crippen LogP contribution in [0.3, 0.4) is 0 Å². The van der Waals surface area contributed by atoms with Crippen molar-refractivity contribution in [3.63, 3.8) is 0 Å². The highest BCUT2D eigenvalue weighted by molar-refractivity contribution is 9.10. The van der Waals surface area contributed by atoms with E-state index in [2.05, 4.69) is 37.9 Å². The predicted molar refractivity (Wildman–Crippen MR) is 78.4 cm³/mol. The fourth-order valence-electron chi connectivity index (χ4n) is 1.79. The number of rotatable bonds is 4. The molecule has 0 fully saturated rings. The Kier molecular flexibility index (Phi) is 4.33. The molecule has 0 amide bonds. The summed E-state index contributed by atoms with van der Waals surface area (Å²) in [5.41, 5.74) is 7.98. The van der Waals surface area contributed by atoms with Gasteiger partial charge in [-0.1, -0.05) is 28.1 Å². The molecule has 94 valence electrons. The standard InChI is InChI=1S/C14H16BrN3/c1-18(10-12-3-2-4-13(15)7-12)14-8-11(9-16)5-6-17-14/h2-8H,9-10,16H2,1H3. The number of hydrogen-bond acceptors (Lipinski definition) is 3. The van der Waals surface area contributed by atoms with Gasteiger partial charge in [0.25, 0.3) is 0 Å². The average Bonchev–Trinajstić information content (AvgIpc) is 2.39. The summed E-state index contributed by atoms with van der Waals surface area (Å²) in [5, 5.41) is 0. The summed E-state index contributed by atoms with van der Waals surface area (Å²) in [7, 11) is 2.03. The first kappa shape index (κ1) is 13.1. The molecule has 2 rings (SSSR count). The normalized spacial score (nSPS) is 10.4. The fourth-order valence-corrected chi connectivity index (χ4v) is 2.23. The van der Waals surface area contributed by atoms with Crippen molar-refractivity contribution in [3.8, 4) is 0 Å². The van der Waals surface area contributed by atoms with Crippen molar-refractivity contribution >= 4 is 21.7 Å². The number of pyridine rings is 1. The number of anilines is 1. The molecule has 2 aromatic rings. The second-order valence-corrected chi connectivity index (χ2v) is 5.13. The third-order valence-corrected chi connectivity index (χ3v) is 3.24. The summed E-state index contributed by atoms with van der Waals surface area (Å²) >= 11 is 3.48. The molecule has 0 spiro atoms. The quantitative estimate of drug-likeness (QED) is 0.944. The number of halogens is 1. The second kappa shape index (κ2) is 5.98. The highest BCUT2D eigenvalue weighted by Crippen LogP contribution is 2.16. The van der Waals surface area contributed by atoms with Crippen molar-refractivity contribution in [2.45, 2.75) is 13.1 Å². The number of aromatic nitrogens is 1. The molecule has 0 aliphatic carbocycles. The Bertz CT molecular complexity index is 528. The van der Waals surface area contributed by atoms with Crippen LogP contribution in [0.15, 0.2) is 47.1 Å². The predicted octanol–water partition coefficient (Wildman–Crippen LogP) is 2.94. The van der Waals surface area contributed by atoms with Crippen LogP contribution >= 0.6 is 15.9 Å². The topological polar surface area (TPSA) is 42.1 Å². The fraction of sp³-hybridized carbons (Fsp3) is 0.214. The van der Waals surface area contributed by atoms with Crippen molar-refractivity contribution in [1.82, 2.24) is 4.98 Å². The first-order valence-electron chi connectivity index (χ1n) is 5.79. The van der Waals surface area contributed by atoms with Gasteiger partial charge < -0.3 is 10.6 Å². The van der Waals surface area contributed by atoms with Crippen molar-refractivity contribution in [3.05, 3.63) is 58.2 Å². The average molecular weight is 306 g/mol. The molecular formula is C14H16BrN3. The maximum absolute atomic E-state index is 5.64. The summed E-state index contributed by atoms with van der Waals surface area (Å²) in [6.07, 6.45) is 1.80. The summed E-state index contributed by atoms with van der Waals surface area (Å²) in [6, 6.07) is 12.2. The summed E-state index contributed by atoms with van der Waals surface area (Å²) in [6.45, 7) is 1.36.